The van der Waals surface area contributed by atoms with Crippen LogP contribution in [0, 0.1) is 6.92 Å². The summed E-state index contributed by atoms with van der Waals surface area (Å²) in [6.07, 6.45) is 2.64. The van der Waals surface area contributed by atoms with E-state index in [1.165, 1.54) is 6.08 Å². The van der Waals surface area contributed by atoms with Gasteiger partial charge < -0.3 is 9.84 Å². The summed E-state index contributed by atoms with van der Waals surface area (Å²) in [5.74, 6) is 0.456. The highest BCUT2D eigenvalue weighted by molar-refractivity contribution is 9.10. The first-order chi connectivity index (χ1) is 9.54. The van der Waals surface area contributed by atoms with Crippen molar-refractivity contribution in [2.75, 3.05) is 0 Å². The molecule has 3 nitrogen and oxygen atoms in total. The Morgan fingerprint density at radius 1 is 1.25 bits per heavy atom. The molecule has 0 aliphatic heterocycles. The van der Waals surface area contributed by atoms with E-state index < -0.39 is 5.97 Å². The summed E-state index contributed by atoms with van der Waals surface area (Å²) < 4.78 is 6.77. The molecule has 0 amide bonds. The molecule has 2 aromatic rings. The van der Waals surface area contributed by atoms with Crippen LogP contribution >= 0.6 is 15.9 Å². The van der Waals surface area contributed by atoms with E-state index in [-0.39, 0.29) is 0 Å². The first-order valence-corrected chi connectivity index (χ1v) is 6.79. The third kappa shape index (κ3) is 3.96. The zero-order valence-corrected chi connectivity index (χ0v) is 12.4. The van der Waals surface area contributed by atoms with E-state index in [9.17, 15) is 4.79 Å². The van der Waals surface area contributed by atoms with Crippen molar-refractivity contribution < 1.29 is 14.6 Å². The number of benzene rings is 2. The second kappa shape index (κ2) is 6.39. The Balaban J connectivity index is 2.27. The van der Waals surface area contributed by atoms with Crippen molar-refractivity contribution in [3.05, 3.63) is 64.1 Å². The average Bonchev–Trinajstić information content (AvgIpc) is 2.39. The Morgan fingerprint density at radius 2 is 2.05 bits per heavy atom. The van der Waals surface area contributed by atoms with Gasteiger partial charge in [-0.2, -0.15) is 0 Å². The Kier molecular flexibility index (Phi) is 4.58. The lowest BCUT2D eigenvalue weighted by molar-refractivity contribution is -0.131. The van der Waals surface area contributed by atoms with E-state index >= 15 is 0 Å². The smallest absolute Gasteiger partial charge is 0.328 e. The lowest BCUT2D eigenvalue weighted by Gasteiger charge is -2.09. The maximum atomic E-state index is 10.5. The van der Waals surface area contributed by atoms with Gasteiger partial charge in [0.15, 0.2) is 0 Å². The molecule has 0 heterocycles. The number of aryl methyl sites for hydroxylation is 1. The quantitative estimate of drug-likeness (QED) is 0.829. The number of carboxylic acid groups (broad SMARTS) is 1. The van der Waals surface area contributed by atoms with Gasteiger partial charge in [0.05, 0.1) is 0 Å². The molecule has 0 fully saturated rings. The molecule has 1 N–H and O–H groups in total. The third-order valence-corrected chi connectivity index (χ3v) is 3.15. The summed E-state index contributed by atoms with van der Waals surface area (Å²) in [5, 5.41) is 8.64. The van der Waals surface area contributed by atoms with Gasteiger partial charge in [-0.05, 0) is 48.4 Å². The van der Waals surface area contributed by atoms with Crippen LogP contribution in [0.1, 0.15) is 11.1 Å². The standard InChI is InChI=1S/C16H13BrO3/c1-11-5-6-12(7-8-16(18)19)9-15(11)20-14-4-2-3-13(17)10-14/h2-10H,1H3,(H,18,19)/b8-7+. The molecular weight excluding hydrogens is 320 g/mol. The van der Waals surface area contributed by atoms with Gasteiger partial charge in [0.25, 0.3) is 0 Å². The number of carbonyl (C=O) groups is 1. The molecule has 0 aliphatic carbocycles. The number of hydrogen-bond acceptors (Lipinski definition) is 2. The van der Waals surface area contributed by atoms with Gasteiger partial charge in [-0.15, -0.1) is 0 Å². The number of hydrogen-bond donors (Lipinski definition) is 1. The number of ether oxygens (including phenoxy) is 1. The van der Waals surface area contributed by atoms with Crippen molar-refractivity contribution in [3.8, 4) is 11.5 Å². The first-order valence-electron chi connectivity index (χ1n) is 6.00. The molecule has 102 valence electrons. The zero-order valence-electron chi connectivity index (χ0n) is 10.8. The van der Waals surface area contributed by atoms with Crippen LogP contribution in [0.25, 0.3) is 6.08 Å². The third-order valence-electron chi connectivity index (χ3n) is 2.65. The summed E-state index contributed by atoms with van der Waals surface area (Å²) in [4.78, 5) is 10.5. The Hall–Kier alpha value is -2.07. The molecule has 0 bridgehead atoms. The predicted octanol–water partition coefficient (Wildman–Crippen LogP) is 4.65. The average molecular weight is 333 g/mol. The van der Waals surface area contributed by atoms with Crippen molar-refractivity contribution in [2.24, 2.45) is 0 Å². The van der Waals surface area contributed by atoms with E-state index in [1.807, 2.05) is 49.4 Å². The second-order valence-electron chi connectivity index (χ2n) is 4.26. The summed E-state index contributed by atoms with van der Waals surface area (Å²) in [6, 6.07) is 13.1. The van der Waals surface area contributed by atoms with Crippen LogP contribution in [0.15, 0.2) is 53.0 Å². The predicted molar refractivity (Wildman–Crippen MR) is 82.1 cm³/mol. The molecule has 4 heteroatoms. The van der Waals surface area contributed by atoms with Crippen molar-refractivity contribution in [1.29, 1.82) is 0 Å². The minimum atomic E-state index is -0.972. The highest BCUT2D eigenvalue weighted by Crippen LogP contribution is 2.28. The van der Waals surface area contributed by atoms with Crippen molar-refractivity contribution in [3.63, 3.8) is 0 Å². The van der Waals surface area contributed by atoms with Crippen LogP contribution in [0.2, 0.25) is 0 Å². The van der Waals surface area contributed by atoms with Crippen LogP contribution in [0.3, 0.4) is 0 Å². The van der Waals surface area contributed by atoms with Gasteiger partial charge in [-0.25, -0.2) is 4.79 Å². The lowest BCUT2D eigenvalue weighted by atomic mass is 10.1. The molecule has 0 atom stereocenters. The Morgan fingerprint density at radius 3 is 2.75 bits per heavy atom. The van der Waals surface area contributed by atoms with E-state index in [2.05, 4.69) is 15.9 Å². The summed E-state index contributed by atoms with van der Waals surface area (Å²) in [5.41, 5.74) is 1.76. The van der Waals surface area contributed by atoms with Gasteiger partial charge in [-0.1, -0.05) is 34.1 Å². The molecule has 0 saturated heterocycles. The fourth-order valence-corrected chi connectivity index (χ4v) is 2.03. The van der Waals surface area contributed by atoms with Crippen LogP contribution in [-0.2, 0) is 4.79 Å². The molecule has 0 saturated carbocycles. The molecule has 0 aromatic heterocycles. The normalized spacial score (nSPS) is 10.7. The van der Waals surface area contributed by atoms with Crippen molar-refractivity contribution in [2.45, 2.75) is 6.92 Å². The monoisotopic (exact) mass is 332 g/mol. The number of aliphatic carboxylic acids is 1. The van der Waals surface area contributed by atoms with Crippen LogP contribution in [0.5, 0.6) is 11.5 Å². The van der Waals surface area contributed by atoms with Crippen molar-refractivity contribution in [1.82, 2.24) is 0 Å². The molecule has 20 heavy (non-hydrogen) atoms. The molecule has 0 unspecified atom stereocenters. The van der Waals surface area contributed by atoms with Gasteiger partial charge in [0, 0.05) is 10.5 Å². The lowest BCUT2D eigenvalue weighted by Crippen LogP contribution is -1.89. The highest BCUT2D eigenvalue weighted by Gasteiger charge is 2.03. The summed E-state index contributed by atoms with van der Waals surface area (Å²) in [7, 11) is 0. The number of halogens is 1. The van der Waals surface area contributed by atoms with Crippen LogP contribution in [-0.4, -0.2) is 11.1 Å². The van der Waals surface area contributed by atoms with E-state index in [4.69, 9.17) is 9.84 Å². The first kappa shape index (κ1) is 14.3. The molecule has 0 spiro atoms. The zero-order chi connectivity index (χ0) is 14.5. The molecule has 0 aliphatic rings. The van der Waals surface area contributed by atoms with E-state index in [0.29, 0.717) is 5.75 Å². The molecular formula is C16H13BrO3. The fourth-order valence-electron chi connectivity index (χ4n) is 1.66. The summed E-state index contributed by atoms with van der Waals surface area (Å²) in [6.45, 7) is 1.94. The molecule has 2 rings (SSSR count). The number of carboxylic acids is 1. The Labute approximate surface area is 125 Å². The minimum Gasteiger partial charge on any atom is -0.478 e. The number of rotatable bonds is 4. The van der Waals surface area contributed by atoms with E-state index in [1.54, 1.807) is 0 Å². The maximum absolute atomic E-state index is 10.5. The van der Waals surface area contributed by atoms with Gasteiger partial charge in [0.2, 0.25) is 0 Å². The topological polar surface area (TPSA) is 46.5 Å². The van der Waals surface area contributed by atoms with Gasteiger partial charge >= 0.3 is 5.97 Å². The second-order valence-corrected chi connectivity index (χ2v) is 5.17. The van der Waals surface area contributed by atoms with Crippen LogP contribution in [0.4, 0.5) is 0 Å². The Bertz CT molecular complexity index is 663. The summed E-state index contributed by atoms with van der Waals surface area (Å²) >= 11 is 3.39. The minimum absolute atomic E-state index is 0.704. The highest BCUT2D eigenvalue weighted by atomic mass is 79.9. The molecule has 0 radical (unpaired) electrons. The fraction of sp³-hybridized carbons (Fsp3) is 0.0625. The van der Waals surface area contributed by atoms with Gasteiger partial charge in [0.1, 0.15) is 11.5 Å². The maximum Gasteiger partial charge on any atom is 0.328 e. The van der Waals surface area contributed by atoms with Gasteiger partial charge in [-0.3, -0.25) is 0 Å². The van der Waals surface area contributed by atoms with Crippen LogP contribution < -0.4 is 4.74 Å². The largest absolute Gasteiger partial charge is 0.478 e. The molecule has 2 aromatic carbocycles. The van der Waals surface area contributed by atoms with Crippen molar-refractivity contribution >= 4 is 28.0 Å². The van der Waals surface area contributed by atoms with E-state index in [0.717, 1.165) is 27.4 Å². The SMILES string of the molecule is Cc1ccc(/C=C/C(=O)O)cc1Oc1cccc(Br)c1.